The number of nitrogen functional groups attached to an aromatic ring is 1. The summed E-state index contributed by atoms with van der Waals surface area (Å²) < 4.78 is 6.62. The van der Waals surface area contributed by atoms with E-state index >= 15 is 4.79 Å². The number of anilines is 1. The maximum absolute atomic E-state index is 15.5. The molecule has 0 bridgehead atoms. The van der Waals surface area contributed by atoms with Crippen molar-refractivity contribution in [1.29, 1.82) is 0 Å². The number of benzene rings is 2. The molecule has 380 valence electrons. The number of carbonyl (C=O) groups is 2. The number of aromatic hydroxyl groups is 1. The van der Waals surface area contributed by atoms with Gasteiger partial charge in [-0.3, -0.25) is 9.59 Å². The van der Waals surface area contributed by atoms with Crippen LogP contribution in [0.5, 0.6) is 5.75 Å². The van der Waals surface area contributed by atoms with Crippen LogP contribution in [0.3, 0.4) is 0 Å². The summed E-state index contributed by atoms with van der Waals surface area (Å²) in [4.78, 5) is 30.5. The van der Waals surface area contributed by atoms with Crippen LogP contribution in [0.4, 0.5) is 5.69 Å². The van der Waals surface area contributed by atoms with Gasteiger partial charge in [0.2, 0.25) is 0 Å². The summed E-state index contributed by atoms with van der Waals surface area (Å²) in [5.74, 6) is 1.13. The summed E-state index contributed by atoms with van der Waals surface area (Å²) in [5.41, 5.74) is 10.2. The number of ether oxygens (including phenoxy) is 1. The lowest BCUT2D eigenvalue weighted by molar-refractivity contribution is -0.208. The lowest BCUT2D eigenvalue weighted by Crippen LogP contribution is -2.71. The van der Waals surface area contributed by atoms with E-state index in [1.54, 1.807) is 12.1 Å². The second-order valence-electron chi connectivity index (χ2n) is 25.6. The molecule has 0 aromatic heterocycles. The smallest absolute Gasteiger partial charge is 0.159 e. The van der Waals surface area contributed by atoms with Crippen molar-refractivity contribution in [2.45, 2.75) is 200 Å². The van der Waals surface area contributed by atoms with E-state index in [4.69, 9.17) is 10.5 Å². The molecule has 0 radical (unpaired) electrons. The maximum Gasteiger partial charge on any atom is 0.159 e. The number of epoxide rings is 1. The number of ketones is 2. The first-order valence-corrected chi connectivity index (χ1v) is 27.1. The Balaban J connectivity index is 1.05. The molecule has 2 aromatic rings. The Kier molecular flexibility index (Phi) is 13.6. The molecular weight excluding hydrogens is 863 g/mol. The van der Waals surface area contributed by atoms with E-state index in [1.807, 2.05) is 14.0 Å². The lowest BCUT2D eigenvalue weighted by Gasteiger charge is -2.71. The Labute approximate surface area is 413 Å². The summed E-state index contributed by atoms with van der Waals surface area (Å²) in [5, 5.41) is 53.5. The minimum absolute atomic E-state index is 0.0176. The largest absolute Gasteiger partial charge is 0.508 e. The summed E-state index contributed by atoms with van der Waals surface area (Å²) in [7, 11) is 1.89. The molecule has 2 saturated heterocycles. The first-order chi connectivity index (χ1) is 32.5. The molecule has 2 aliphatic heterocycles. The summed E-state index contributed by atoms with van der Waals surface area (Å²) >= 11 is 0. The van der Waals surface area contributed by atoms with Crippen LogP contribution in [0.15, 0.2) is 47.5 Å². The fraction of sp³-hybridized carbons (Fsp3) is 0.729. The predicted octanol–water partition coefficient (Wildman–Crippen LogP) is 9.45. The number of β-amino-alcohol motifs (C(OH)–C–C–N with tert-alkyl or cyclic N) is 1. The zero-order chi connectivity index (χ0) is 49.6. The molecule has 0 spiro atoms. The van der Waals surface area contributed by atoms with Gasteiger partial charge in [-0.25, -0.2) is 0 Å². The van der Waals surface area contributed by atoms with Gasteiger partial charge in [0.05, 0.1) is 17.3 Å². The molecule has 2 heterocycles. The number of aliphatic hydroxyl groups is 3. The Morgan fingerprint density at radius 3 is 2.38 bits per heavy atom. The molecule has 2 aromatic carbocycles. The van der Waals surface area contributed by atoms with Gasteiger partial charge in [-0.05, 0) is 190 Å². The number of nitrogens with one attached hydrogen (secondary N) is 2. The van der Waals surface area contributed by atoms with Crippen LogP contribution in [-0.4, -0.2) is 81.6 Å². The average molecular weight is 950 g/mol. The highest BCUT2D eigenvalue weighted by molar-refractivity contribution is 6.00. The van der Waals surface area contributed by atoms with E-state index in [2.05, 4.69) is 83.4 Å². The van der Waals surface area contributed by atoms with Crippen molar-refractivity contribution in [3.63, 3.8) is 0 Å². The van der Waals surface area contributed by atoms with Gasteiger partial charge in [-0.2, -0.15) is 0 Å². The van der Waals surface area contributed by atoms with E-state index in [-0.39, 0.29) is 59.7 Å². The number of fused-ring (bicyclic) bond motifs is 4. The molecule has 8 N–H and O–H groups in total. The molecule has 9 rings (SSSR count). The van der Waals surface area contributed by atoms with Gasteiger partial charge < -0.3 is 41.5 Å². The minimum Gasteiger partial charge on any atom is -0.508 e. The van der Waals surface area contributed by atoms with Crippen molar-refractivity contribution in [3.05, 3.63) is 69.8 Å². The van der Waals surface area contributed by atoms with E-state index in [1.165, 1.54) is 16.7 Å². The van der Waals surface area contributed by atoms with Gasteiger partial charge in [-0.15, -0.1) is 0 Å². The molecule has 15 atom stereocenters. The Bertz CT molecular complexity index is 2330. The summed E-state index contributed by atoms with van der Waals surface area (Å²) in [6.07, 6.45) is 10.4. The second kappa shape index (κ2) is 18.4. The molecule has 10 nitrogen and oxygen atoms in total. The van der Waals surface area contributed by atoms with Crippen molar-refractivity contribution in [2.75, 3.05) is 25.9 Å². The number of phenolic OH excluding ortho intramolecular Hbond substituents is 1. The van der Waals surface area contributed by atoms with Crippen molar-refractivity contribution in [1.82, 2.24) is 10.6 Å². The number of carbonyl (C=O) groups excluding carboxylic acids is 2. The molecule has 6 fully saturated rings. The quantitative estimate of drug-likeness (QED) is 0.0756. The van der Waals surface area contributed by atoms with Crippen LogP contribution in [-0.2, 0) is 27.3 Å². The predicted molar refractivity (Wildman–Crippen MR) is 273 cm³/mol. The van der Waals surface area contributed by atoms with Gasteiger partial charge in [-0.1, -0.05) is 78.5 Å². The summed E-state index contributed by atoms with van der Waals surface area (Å²) in [6, 6.07) is 12.1. The standard InChI is InChI=1S/C59H87N3O7/c1-34(2)21-36-23-38(27-40(60)25-36)42-13-12-14-44(42)58(8)53(69-58)47(65)22-35(3)50-45-15-16-49-56(6)29-43(39-24-37(32-61-9)26-41(64)28-39)52(67)55(5)18-11-10-17-54(4,68)33-62-46(51(55)56)30-59(49,19-20-63)57(45,7)31-48(50)66/h23-28,34-35,42-44,46-47,49,51,53,61-65,68H,10-22,29-33,60H2,1-9H3. The SMILES string of the molecule is CNCc1cc(O)cc(C2CC3(C)C4C(CC5(CCO)C3CCC3=C(C(C)CC(O)C6OC6(C)C6CCCC6c6cc(N)cc(CC(C)C)c6)C(=O)CC35C)NCC(C)(O)CCCCC4(C)C2=O)c1. The van der Waals surface area contributed by atoms with Crippen LogP contribution >= 0.6 is 0 Å². The Morgan fingerprint density at radius 1 is 0.913 bits per heavy atom. The fourth-order valence-corrected chi connectivity index (χ4v) is 17.8. The van der Waals surface area contributed by atoms with E-state index in [0.29, 0.717) is 63.5 Å². The molecule has 4 saturated carbocycles. The first kappa shape index (κ1) is 50.8. The van der Waals surface area contributed by atoms with Gasteiger partial charge in [0.1, 0.15) is 17.6 Å². The third-order valence-corrected chi connectivity index (χ3v) is 20.4. The highest BCUT2D eigenvalue weighted by atomic mass is 16.6. The van der Waals surface area contributed by atoms with Crippen LogP contribution in [0.1, 0.15) is 179 Å². The van der Waals surface area contributed by atoms with Crippen LogP contribution in [0, 0.1) is 51.2 Å². The highest BCUT2D eigenvalue weighted by Crippen LogP contribution is 2.76. The number of hydrogen-bond acceptors (Lipinski definition) is 10. The van der Waals surface area contributed by atoms with Crippen molar-refractivity contribution in [2.24, 2.45) is 51.2 Å². The second-order valence-corrected chi connectivity index (χ2v) is 25.6. The first-order valence-electron chi connectivity index (χ1n) is 27.1. The zero-order valence-corrected chi connectivity index (χ0v) is 43.6. The topological polar surface area (TPSA) is 178 Å². The van der Waals surface area contributed by atoms with Crippen LogP contribution in [0.2, 0.25) is 0 Å². The molecule has 7 aliphatic rings. The Morgan fingerprint density at radius 2 is 1.65 bits per heavy atom. The highest BCUT2D eigenvalue weighted by Gasteiger charge is 2.73. The normalized spacial score (nSPS) is 40.9. The molecule has 69 heavy (non-hydrogen) atoms. The van der Waals surface area contributed by atoms with Gasteiger partial charge in [0, 0.05) is 54.6 Å². The van der Waals surface area contributed by atoms with E-state index < -0.39 is 44.9 Å². The van der Waals surface area contributed by atoms with E-state index in [0.717, 1.165) is 80.2 Å². The monoisotopic (exact) mass is 950 g/mol. The van der Waals surface area contributed by atoms with Crippen LogP contribution in [0.25, 0.3) is 0 Å². The minimum atomic E-state index is -0.918. The van der Waals surface area contributed by atoms with Gasteiger partial charge in [0.25, 0.3) is 0 Å². The lowest BCUT2D eigenvalue weighted by atomic mass is 9.33. The molecule has 15 unspecified atom stereocenters. The Hall–Kier alpha value is -3.12. The number of rotatable bonds is 13. The number of hydrogen-bond donors (Lipinski definition) is 7. The zero-order valence-electron chi connectivity index (χ0n) is 43.6. The fourth-order valence-electron chi connectivity index (χ4n) is 17.8. The van der Waals surface area contributed by atoms with E-state index in [9.17, 15) is 25.2 Å². The van der Waals surface area contributed by atoms with Crippen molar-refractivity contribution < 1.29 is 34.8 Å². The van der Waals surface area contributed by atoms with Gasteiger partial charge in [0.15, 0.2) is 5.78 Å². The maximum atomic E-state index is 15.5. The third kappa shape index (κ3) is 8.58. The summed E-state index contributed by atoms with van der Waals surface area (Å²) in [6.45, 7) is 18.6. The molecule has 10 heteroatoms. The number of phenols is 1. The number of Topliss-reactive ketones (excluding diaryl/α,β-unsaturated/α-hetero) is 2. The number of aliphatic hydroxyl groups excluding tert-OH is 2. The average Bonchev–Trinajstić information content (AvgIpc) is 3.56. The number of allylic oxidation sites excluding steroid dienone is 2. The third-order valence-electron chi connectivity index (χ3n) is 20.4. The molecule has 5 aliphatic carbocycles. The van der Waals surface area contributed by atoms with Crippen LogP contribution < -0.4 is 16.4 Å². The number of nitrogens with two attached hydrogens (primary N) is 1. The van der Waals surface area contributed by atoms with Crippen molar-refractivity contribution in [3.8, 4) is 5.75 Å². The van der Waals surface area contributed by atoms with Gasteiger partial charge >= 0.3 is 0 Å². The molecule has 0 amide bonds. The molecular formula is C59H87N3O7. The van der Waals surface area contributed by atoms with Crippen molar-refractivity contribution >= 4 is 17.3 Å².